The number of hydrogen-bond donors (Lipinski definition) is 1. The van der Waals surface area contributed by atoms with Crippen LogP contribution in [0.4, 0.5) is 11.4 Å². The van der Waals surface area contributed by atoms with Crippen molar-refractivity contribution in [1.29, 1.82) is 0 Å². The lowest BCUT2D eigenvalue weighted by Crippen LogP contribution is -1.91. The Kier molecular flexibility index (Phi) is 5.04. The normalized spacial score (nSPS) is 11.3. The summed E-state index contributed by atoms with van der Waals surface area (Å²) in [6, 6.07) is 47.8. The molecule has 6 aromatic carbocycles. The first-order valence-corrected chi connectivity index (χ1v) is 13.0. The van der Waals surface area contributed by atoms with Crippen molar-refractivity contribution in [3.8, 4) is 22.3 Å². The van der Waals surface area contributed by atoms with E-state index in [1.807, 2.05) is 11.3 Å². The molecule has 0 bridgehead atoms. The van der Waals surface area contributed by atoms with E-state index in [0.29, 0.717) is 0 Å². The van der Waals surface area contributed by atoms with Crippen molar-refractivity contribution in [3.05, 3.63) is 133 Å². The average molecular weight is 478 g/mol. The first kappa shape index (κ1) is 20.9. The van der Waals surface area contributed by atoms with Gasteiger partial charge in [0, 0.05) is 21.2 Å². The molecule has 0 aliphatic carbocycles. The van der Waals surface area contributed by atoms with Gasteiger partial charge in [0.15, 0.2) is 0 Å². The van der Waals surface area contributed by atoms with Crippen LogP contribution in [0.2, 0.25) is 0 Å². The van der Waals surface area contributed by atoms with Gasteiger partial charge in [-0.3, -0.25) is 0 Å². The van der Waals surface area contributed by atoms with Gasteiger partial charge >= 0.3 is 0 Å². The van der Waals surface area contributed by atoms with Crippen molar-refractivity contribution >= 4 is 53.7 Å². The molecule has 7 rings (SSSR count). The van der Waals surface area contributed by atoms with Crippen molar-refractivity contribution in [2.45, 2.75) is 0 Å². The third-order valence-corrected chi connectivity index (χ3v) is 8.07. The molecule has 2 heteroatoms. The van der Waals surface area contributed by atoms with E-state index < -0.39 is 0 Å². The largest absolute Gasteiger partial charge is 0.354 e. The molecule has 0 unspecified atom stereocenters. The summed E-state index contributed by atoms with van der Waals surface area (Å²) in [5, 5.41) is 8.87. The van der Waals surface area contributed by atoms with Crippen LogP contribution < -0.4 is 5.32 Å². The molecular weight excluding hydrogens is 454 g/mol. The molecule has 170 valence electrons. The van der Waals surface area contributed by atoms with E-state index in [4.69, 9.17) is 0 Å². The number of thiophene rings is 1. The van der Waals surface area contributed by atoms with Crippen molar-refractivity contribution in [3.63, 3.8) is 0 Å². The van der Waals surface area contributed by atoms with Crippen LogP contribution >= 0.6 is 11.3 Å². The molecule has 0 atom stereocenters. The number of nitrogens with one attached hydrogen (secondary N) is 1. The van der Waals surface area contributed by atoms with Crippen LogP contribution in [0, 0.1) is 0 Å². The van der Waals surface area contributed by atoms with E-state index in [9.17, 15) is 0 Å². The Bertz CT molecular complexity index is 1860. The number of anilines is 2. The van der Waals surface area contributed by atoms with E-state index in [1.165, 1.54) is 53.2 Å². The summed E-state index contributed by atoms with van der Waals surface area (Å²) < 4.78 is 2.59. The van der Waals surface area contributed by atoms with Crippen LogP contribution in [-0.4, -0.2) is 0 Å². The van der Waals surface area contributed by atoms with Crippen LogP contribution in [-0.2, 0) is 0 Å². The highest BCUT2D eigenvalue weighted by atomic mass is 32.1. The summed E-state index contributed by atoms with van der Waals surface area (Å²) in [5.74, 6) is 0. The Hall–Kier alpha value is -4.40. The number of rotatable bonds is 4. The highest BCUT2D eigenvalue weighted by Gasteiger charge is 2.11. The molecule has 0 saturated carbocycles. The van der Waals surface area contributed by atoms with E-state index in [0.717, 1.165) is 11.4 Å². The Morgan fingerprint density at radius 3 is 2.17 bits per heavy atom. The van der Waals surface area contributed by atoms with Gasteiger partial charge < -0.3 is 5.32 Å². The standard InChI is InChI=1S/C34H23NS/c1-2-9-23(10-3-1)25-19-20-33-31(22-25)30-17-8-18-32(34(30)36-33)35-27-14-6-13-26(21-27)29-16-7-12-24-11-4-5-15-28(24)29/h1-22,35H. The van der Waals surface area contributed by atoms with Gasteiger partial charge in [-0.1, -0.05) is 103 Å². The third-order valence-electron chi connectivity index (χ3n) is 6.85. The van der Waals surface area contributed by atoms with Crippen LogP contribution in [0.1, 0.15) is 0 Å². The zero-order chi connectivity index (χ0) is 23.9. The van der Waals surface area contributed by atoms with Gasteiger partial charge in [-0.05, 0) is 63.4 Å². The maximum absolute atomic E-state index is 3.72. The summed E-state index contributed by atoms with van der Waals surface area (Å²) >= 11 is 1.85. The zero-order valence-corrected chi connectivity index (χ0v) is 20.4. The Morgan fingerprint density at radius 1 is 0.472 bits per heavy atom. The fourth-order valence-corrected chi connectivity index (χ4v) is 6.26. The lowest BCUT2D eigenvalue weighted by Gasteiger charge is -2.11. The van der Waals surface area contributed by atoms with Crippen molar-refractivity contribution < 1.29 is 0 Å². The Labute approximate surface area is 214 Å². The molecule has 0 fully saturated rings. The molecule has 1 heterocycles. The van der Waals surface area contributed by atoms with Gasteiger partial charge in [0.2, 0.25) is 0 Å². The summed E-state index contributed by atoms with van der Waals surface area (Å²) in [6.07, 6.45) is 0. The van der Waals surface area contributed by atoms with E-state index >= 15 is 0 Å². The minimum Gasteiger partial charge on any atom is -0.354 e. The molecule has 0 aliphatic heterocycles. The summed E-state index contributed by atoms with van der Waals surface area (Å²) in [5.41, 5.74) is 7.21. The lowest BCUT2D eigenvalue weighted by molar-refractivity contribution is 1.58. The average Bonchev–Trinajstić information content (AvgIpc) is 3.32. The monoisotopic (exact) mass is 477 g/mol. The fourth-order valence-electron chi connectivity index (χ4n) is 5.10. The Morgan fingerprint density at radius 2 is 1.22 bits per heavy atom. The Balaban J connectivity index is 1.29. The van der Waals surface area contributed by atoms with Gasteiger partial charge in [0.1, 0.15) is 0 Å². The van der Waals surface area contributed by atoms with Gasteiger partial charge in [-0.15, -0.1) is 11.3 Å². The summed E-state index contributed by atoms with van der Waals surface area (Å²) in [6.45, 7) is 0. The van der Waals surface area contributed by atoms with Gasteiger partial charge in [-0.2, -0.15) is 0 Å². The molecule has 1 N–H and O–H groups in total. The molecular formula is C34H23NS. The maximum Gasteiger partial charge on any atom is 0.0590 e. The van der Waals surface area contributed by atoms with Gasteiger partial charge in [-0.25, -0.2) is 0 Å². The molecule has 36 heavy (non-hydrogen) atoms. The fraction of sp³-hybridized carbons (Fsp3) is 0. The lowest BCUT2D eigenvalue weighted by atomic mass is 9.98. The number of benzene rings is 6. The topological polar surface area (TPSA) is 12.0 Å². The van der Waals surface area contributed by atoms with E-state index in [2.05, 4.69) is 139 Å². The SMILES string of the molecule is c1ccc(-c2ccc3sc4c(Nc5cccc(-c6cccc7ccccc67)c5)cccc4c3c2)cc1. The molecule has 0 amide bonds. The van der Waals surface area contributed by atoms with Crippen LogP contribution in [0.15, 0.2) is 133 Å². The zero-order valence-electron chi connectivity index (χ0n) is 19.6. The number of fused-ring (bicyclic) bond motifs is 4. The minimum absolute atomic E-state index is 1.09. The van der Waals surface area contributed by atoms with Crippen LogP contribution in [0.5, 0.6) is 0 Å². The highest BCUT2D eigenvalue weighted by molar-refractivity contribution is 7.26. The molecule has 1 nitrogen and oxygen atoms in total. The number of hydrogen-bond acceptors (Lipinski definition) is 2. The van der Waals surface area contributed by atoms with E-state index in [-0.39, 0.29) is 0 Å². The predicted molar refractivity (Wildman–Crippen MR) is 157 cm³/mol. The van der Waals surface area contributed by atoms with Crippen molar-refractivity contribution in [2.24, 2.45) is 0 Å². The molecule has 0 saturated heterocycles. The smallest absolute Gasteiger partial charge is 0.0590 e. The summed E-state index contributed by atoms with van der Waals surface area (Å²) in [4.78, 5) is 0. The molecule has 0 spiro atoms. The minimum atomic E-state index is 1.09. The van der Waals surface area contributed by atoms with Gasteiger partial charge in [0.25, 0.3) is 0 Å². The highest BCUT2D eigenvalue weighted by Crippen LogP contribution is 2.41. The molecule has 7 aromatic rings. The first-order chi connectivity index (χ1) is 17.8. The second-order valence-corrected chi connectivity index (χ2v) is 10.1. The first-order valence-electron chi connectivity index (χ1n) is 12.2. The van der Waals surface area contributed by atoms with Crippen molar-refractivity contribution in [2.75, 3.05) is 5.32 Å². The molecule has 0 aliphatic rings. The predicted octanol–water partition coefficient (Wildman–Crippen LogP) is 10.3. The maximum atomic E-state index is 3.72. The quantitative estimate of drug-likeness (QED) is 0.266. The van der Waals surface area contributed by atoms with Gasteiger partial charge in [0.05, 0.1) is 10.4 Å². The summed E-state index contributed by atoms with van der Waals surface area (Å²) in [7, 11) is 0. The molecule has 0 radical (unpaired) electrons. The van der Waals surface area contributed by atoms with E-state index in [1.54, 1.807) is 0 Å². The second kappa shape index (κ2) is 8.67. The molecule has 1 aromatic heterocycles. The third kappa shape index (κ3) is 3.64. The van der Waals surface area contributed by atoms with Crippen LogP contribution in [0.3, 0.4) is 0 Å². The second-order valence-electron chi connectivity index (χ2n) is 9.09. The van der Waals surface area contributed by atoms with Crippen LogP contribution in [0.25, 0.3) is 53.2 Å². The van der Waals surface area contributed by atoms with Crippen molar-refractivity contribution in [1.82, 2.24) is 0 Å².